The molecule has 1 unspecified atom stereocenters. The van der Waals surface area contributed by atoms with Crippen LogP contribution in [0.1, 0.15) is 13.8 Å². The number of aliphatic imine (C=N–C) groups is 1. The second-order valence-electron chi connectivity index (χ2n) is 2.77. The summed E-state index contributed by atoms with van der Waals surface area (Å²) in [6, 6.07) is 0.382. The van der Waals surface area contributed by atoms with Crippen molar-refractivity contribution in [3.8, 4) is 0 Å². The van der Waals surface area contributed by atoms with Gasteiger partial charge in [-0.3, -0.25) is 4.99 Å². The van der Waals surface area contributed by atoms with E-state index in [9.17, 15) is 0 Å². The van der Waals surface area contributed by atoms with E-state index < -0.39 is 0 Å². The number of nitrogens with one attached hydrogen (secondary N) is 1. The predicted octanol–water partition coefficient (Wildman–Crippen LogP) is 1.22. The zero-order valence-electron chi connectivity index (χ0n) is 8.29. The van der Waals surface area contributed by atoms with E-state index in [2.05, 4.69) is 17.2 Å². The number of allylic oxidation sites excluding steroid dienone is 1. The fourth-order valence-corrected chi connectivity index (χ4v) is 0.641. The smallest absolute Gasteiger partial charge is 0.102 e. The van der Waals surface area contributed by atoms with Crippen molar-refractivity contribution in [2.75, 3.05) is 20.7 Å². The minimum atomic E-state index is 0.382. The molecule has 0 amide bonds. The molecule has 70 valence electrons. The van der Waals surface area contributed by atoms with Gasteiger partial charge in [-0.05, 0) is 20.9 Å². The molecular formula is C9H18N2O. The number of rotatable bonds is 5. The summed E-state index contributed by atoms with van der Waals surface area (Å²) < 4.78 is 5.28. The third-order valence-electron chi connectivity index (χ3n) is 1.44. The highest BCUT2D eigenvalue weighted by Gasteiger charge is 1.94. The molecule has 0 bridgehead atoms. The van der Waals surface area contributed by atoms with E-state index in [4.69, 9.17) is 4.74 Å². The van der Waals surface area contributed by atoms with Crippen LogP contribution >= 0.6 is 0 Å². The fraction of sp³-hybridized carbons (Fsp3) is 0.667. The summed E-state index contributed by atoms with van der Waals surface area (Å²) in [6.45, 7) is 4.71. The van der Waals surface area contributed by atoms with Crippen molar-refractivity contribution in [3.05, 3.63) is 11.8 Å². The summed E-state index contributed by atoms with van der Waals surface area (Å²) in [5.41, 5.74) is 1.03. The van der Waals surface area contributed by atoms with Crippen molar-refractivity contribution in [2.45, 2.75) is 19.9 Å². The molecule has 0 heterocycles. The lowest BCUT2D eigenvalue weighted by Crippen LogP contribution is -2.25. The van der Waals surface area contributed by atoms with Gasteiger partial charge < -0.3 is 10.1 Å². The van der Waals surface area contributed by atoms with Gasteiger partial charge in [0, 0.05) is 24.9 Å². The van der Waals surface area contributed by atoms with E-state index in [1.807, 2.05) is 14.0 Å². The summed E-state index contributed by atoms with van der Waals surface area (Å²) in [6.07, 6.45) is 3.49. The molecule has 0 spiro atoms. The predicted molar refractivity (Wildman–Crippen MR) is 52.6 cm³/mol. The summed E-state index contributed by atoms with van der Waals surface area (Å²) in [5, 5.41) is 3.08. The Morgan fingerprint density at radius 3 is 2.83 bits per heavy atom. The molecule has 0 aromatic rings. The van der Waals surface area contributed by atoms with Crippen LogP contribution < -0.4 is 5.32 Å². The van der Waals surface area contributed by atoms with Gasteiger partial charge in [0.25, 0.3) is 0 Å². The number of likely N-dealkylation sites (N-methyl/N-ethyl adjacent to an activating group) is 1. The largest absolute Gasteiger partial charge is 0.499 e. The van der Waals surface area contributed by atoms with Crippen LogP contribution in [0.3, 0.4) is 0 Å². The quantitative estimate of drug-likeness (QED) is 0.497. The lowest BCUT2D eigenvalue weighted by molar-refractivity contribution is 0.219. The van der Waals surface area contributed by atoms with Crippen molar-refractivity contribution in [1.82, 2.24) is 5.32 Å². The van der Waals surface area contributed by atoms with Gasteiger partial charge in [-0.1, -0.05) is 0 Å². The Labute approximate surface area is 74.5 Å². The minimum absolute atomic E-state index is 0.382. The molecule has 0 saturated carbocycles. The second-order valence-corrected chi connectivity index (χ2v) is 2.77. The Morgan fingerprint density at radius 2 is 2.33 bits per heavy atom. The van der Waals surface area contributed by atoms with E-state index in [1.165, 1.54) is 0 Å². The highest BCUT2D eigenvalue weighted by Crippen LogP contribution is 1.90. The Bertz CT molecular complexity index is 164. The van der Waals surface area contributed by atoms with E-state index >= 15 is 0 Å². The van der Waals surface area contributed by atoms with Gasteiger partial charge in [-0.15, -0.1) is 0 Å². The fourth-order valence-electron chi connectivity index (χ4n) is 0.641. The van der Waals surface area contributed by atoms with Gasteiger partial charge in [-0.25, -0.2) is 0 Å². The Morgan fingerprint density at radius 1 is 1.67 bits per heavy atom. The summed E-state index contributed by atoms with van der Waals surface area (Å²) in [7, 11) is 3.66. The van der Waals surface area contributed by atoms with Crippen molar-refractivity contribution in [2.24, 2.45) is 4.99 Å². The Hall–Kier alpha value is -0.830. The molecule has 0 aromatic heterocycles. The molecule has 1 N–H and O–H groups in total. The van der Waals surface area contributed by atoms with Gasteiger partial charge in [0.05, 0.1) is 6.26 Å². The van der Waals surface area contributed by atoms with Crippen LogP contribution in [0, 0.1) is 0 Å². The number of nitrogens with zero attached hydrogens (tertiary/aromatic N) is 1. The first-order valence-corrected chi connectivity index (χ1v) is 4.08. The molecule has 0 rings (SSSR count). The maximum atomic E-state index is 5.28. The van der Waals surface area contributed by atoms with Gasteiger partial charge >= 0.3 is 0 Å². The van der Waals surface area contributed by atoms with Crippen LogP contribution in [0.25, 0.3) is 0 Å². The summed E-state index contributed by atoms with van der Waals surface area (Å²) in [5.74, 6) is 0. The highest BCUT2D eigenvalue weighted by atomic mass is 16.5. The van der Waals surface area contributed by atoms with Crippen molar-refractivity contribution >= 4 is 6.21 Å². The van der Waals surface area contributed by atoms with Crippen LogP contribution in [0.15, 0.2) is 16.8 Å². The van der Waals surface area contributed by atoms with Crippen LogP contribution in [-0.4, -0.2) is 33.0 Å². The average molecular weight is 170 g/mol. The molecule has 0 radical (unpaired) electrons. The minimum Gasteiger partial charge on any atom is -0.499 e. The van der Waals surface area contributed by atoms with Gasteiger partial charge in [-0.2, -0.15) is 0 Å². The molecule has 0 fully saturated rings. The van der Waals surface area contributed by atoms with Crippen molar-refractivity contribution in [3.63, 3.8) is 0 Å². The molecule has 12 heavy (non-hydrogen) atoms. The molecular weight excluding hydrogens is 152 g/mol. The molecule has 0 aliphatic rings. The first-order chi connectivity index (χ1) is 5.70. The average Bonchev–Trinajstić information content (AvgIpc) is 2.04. The summed E-state index contributed by atoms with van der Waals surface area (Å²) in [4.78, 5) is 3.86. The van der Waals surface area contributed by atoms with E-state index in [-0.39, 0.29) is 0 Å². The van der Waals surface area contributed by atoms with E-state index in [1.54, 1.807) is 19.5 Å². The van der Waals surface area contributed by atoms with Gasteiger partial charge in [0.15, 0.2) is 0 Å². The topological polar surface area (TPSA) is 33.6 Å². The third kappa shape index (κ3) is 5.92. The molecule has 3 nitrogen and oxygen atoms in total. The molecule has 1 atom stereocenters. The zero-order valence-corrected chi connectivity index (χ0v) is 8.29. The SMILES string of the molecule is C/N=C\C(C)=C\OCC(C)NC. The van der Waals surface area contributed by atoms with Gasteiger partial charge in [0.1, 0.15) is 6.61 Å². The van der Waals surface area contributed by atoms with E-state index in [0.29, 0.717) is 12.6 Å². The number of hydrogen-bond acceptors (Lipinski definition) is 3. The Kier molecular flexibility index (Phi) is 6.38. The Balaban J connectivity index is 3.59. The maximum Gasteiger partial charge on any atom is 0.102 e. The van der Waals surface area contributed by atoms with Crippen LogP contribution in [0.4, 0.5) is 0 Å². The summed E-state index contributed by atoms with van der Waals surface area (Å²) >= 11 is 0. The molecule has 0 aliphatic heterocycles. The standard InChI is InChI=1S/C9H18N2O/c1-8(5-10-3)6-12-7-9(2)11-4/h5-6,9,11H,7H2,1-4H3/b8-6+,10-5-. The molecule has 0 aromatic carbocycles. The number of hydrogen-bond donors (Lipinski definition) is 1. The molecule has 0 aliphatic carbocycles. The second kappa shape index (κ2) is 6.85. The van der Waals surface area contributed by atoms with Crippen LogP contribution in [0.2, 0.25) is 0 Å². The lowest BCUT2D eigenvalue weighted by Gasteiger charge is -2.08. The normalized spacial score (nSPS) is 15.2. The van der Waals surface area contributed by atoms with Crippen molar-refractivity contribution in [1.29, 1.82) is 0 Å². The van der Waals surface area contributed by atoms with Crippen LogP contribution in [0.5, 0.6) is 0 Å². The monoisotopic (exact) mass is 170 g/mol. The number of ether oxygens (including phenoxy) is 1. The lowest BCUT2D eigenvalue weighted by atomic mass is 10.3. The first-order valence-electron chi connectivity index (χ1n) is 4.08. The molecule has 3 heteroatoms. The zero-order chi connectivity index (χ0) is 9.40. The van der Waals surface area contributed by atoms with Crippen molar-refractivity contribution < 1.29 is 4.74 Å². The third-order valence-corrected chi connectivity index (χ3v) is 1.44. The maximum absolute atomic E-state index is 5.28. The highest BCUT2D eigenvalue weighted by molar-refractivity contribution is 5.76. The van der Waals surface area contributed by atoms with Crippen LogP contribution in [-0.2, 0) is 4.74 Å². The molecule has 0 saturated heterocycles. The van der Waals surface area contributed by atoms with E-state index in [0.717, 1.165) is 5.57 Å². The van der Waals surface area contributed by atoms with Gasteiger partial charge in [0.2, 0.25) is 0 Å². The first kappa shape index (κ1) is 11.2.